The summed E-state index contributed by atoms with van der Waals surface area (Å²) in [4.78, 5) is 14.5. The standard InChI is InChI=1S/C20H15N5O2S/c1-14-6-5-9-16(12-14)24-19(15-7-3-2-4-8-15)22-23-20(24)28-18-11-10-17(13-21-18)25(26)27/h2-13H,1H3. The molecule has 0 saturated carbocycles. The van der Waals surface area contributed by atoms with E-state index in [1.165, 1.54) is 24.0 Å². The molecule has 0 amide bonds. The quantitative estimate of drug-likeness (QED) is 0.363. The number of hydrogen-bond acceptors (Lipinski definition) is 6. The van der Waals surface area contributed by atoms with Crippen molar-refractivity contribution in [2.45, 2.75) is 17.1 Å². The molecule has 2 heterocycles. The maximum atomic E-state index is 10.8. The molecule has 0 saturated heterocycles. The zero-order valence-electron chi connectivity index (χ0n) is 14.9. The summed E-state index contributed by atoms with van der Waals surface area (Å²) >= 11 is 1.31. The van der Waals surface area contributed by atoms with Crippen molar-refractivity contribution in [3.63, 3.8) is 0 Å². The number of aryl methyl sites for hydroxylation is 1. The highest BCUT2D eigenvalue weighted by Gasteiger charge is 2.17. The molecule has 0 aliphatic carbocycles. The van der Waals surface area contributed by atoms with E-state index >= 15 is 0 Å². The Bertz CT molecular complexity index is 1130. The van der Waals surface area contributed by atoms with Crippen molar-refractivity contribution in [1.29, 1.82) is 0 Å². The first-order valence-electron chi connectivity index (χ1n) is 8.48. The highest BCUT2D eigenvalue weighted by atomic mass is 32.2. The van der Waals surface area contributed by atoms with Crippen LogP contribution in [0.5, 0.6) is 0 Å². The van der Waals surface area contributed by atoms with Crippen LogP contribution in [0.1, 0.15) is 5.56 Å². The minimum absolute atomic E-state index is 0.0468. The molecule has 0 atom stereocenters. The van der Waals surface area contributed by atoms with Crippen LogP contribution >= 0.6 is 11.8 Å². The van der Waals surface area contributed by atoms with E-state index in [4.69, 9.17) is 0 Å². The Morgan fingerprint density at radius 3 is 2.50 bits per heavy atom. The fourth-order valence-electron chi connectivity index (χ4n) is 2.74. The van der Waals surface area contributed by atoms with Crippen LogP contribution in [0.2, 0.25) is 0 Å². The van der Waals surface area contributed by atoms with Crippen molar-refractivity contribution in [2.75, 3.05) is 0 Å². The van der Waals surface area contributed by atoms with Gasteiger partial charge >= 0.3 is 0 Å². The normalized spacial score (nSPS) is 10.8. The lowest BCUT2D eigenvalue weighted by atomic mass is 10.2. The third-order valence-corrected chi connectivity index (χ3v) is 4.95. The van der Waals surface area contributed by atoms with Crippen molar-refractivity contribution in [3.05, 3.63) is 88.6 Å². The maximum absolute atomic E-state index is 10.8. The van der Waals surface area contributed by atoms with Crippen LogP contribution < -0.4 is 0 Å². The molecule has 0 aliphatic heterocycles. The van der Waals surface area contributed by atoms with Crippen molar-refractivity contribution >= 4 is 17.4 Å². The molecule has 0 fully saturated rings. The van der Waals surface area contributed by atoms with Crippen LogP contribution in [0.25, 0.3) is 17.1 Å². The van der Waals surface area contributed by atoms with Gasteiger partial charge in [0.05, 0.1) is 10.6 Å². The maximum Gasteiger partial charge on any atom is 0.287 e. The van der Waals surface area contributed by atoms with E-state index < -0.39 is 4.92 Å². The first-order valence-corrected chi connectivity index (χ1v) is 9.29. The first kappa shape index (κ1) is 17.9. The number of pyridine rings is 1. The summed E-state index contributed by atoms with van der Waals surface area (Å²) in [5.74, 6) is 0.718. The second-order valence-electron chi connectivity index (χ2n) is 6.06. The first-order chi connectivity index (χ1) is 13.6. The van der Waals surface area contributed by atoms with Crippen LogP contribution in [-0.4, -0.2) is 24.7 Å². The Hall–Kier alpha value is -3.52. The summed E-state index contributed by atoms with van der Waals surface area (Å²) in [6.45, 7) is 2.03. The molecule has 4 rings (SSSR count). The van der Waals surface area contributed by atoms with Gasteiger partial charge in [-0.25, -0.2) is 4.98 Å². The van der Waals surface area contributed by atoms with Gasteiger partial charge in [-0.1, -0.05) is 42.5 Å². The fourth-order valence-corrected chi connectivity index (χ4v) is 3.54. The number of nitro groups is 1. The molecule has 0 bridgehead atoms. The van der Waals surface area contributed by atoms with Crippen LogP contribution in [0.3, 0.4) is 0 Å². The molecule has 4 aromatic rings. The highest BCUT2D eigenvalue weighted by molar-refractivity contribution is 7.99. The largest absolute Gasteiger partial charge is 0.287 e. The zero-order valence-corrected chi connectivity index (χ0v) is 15.7. The van der Waals surface area contributed by atoms with Crippen LogP contribution in [-0.2, 0) is 0 Å². The molecule has 8 heteroatoms. The van der Waals surface area contributed by atoms with Gasteiger partial charge in [0.15, 0.2) is 5.82 Å². The van der Waals surface area contributed by atoms with Gasteiger partial charge in [0.25, 0.3) is 5.69 Å². The second-order valence-corrected chi connectivity index (χ2v) is 7.05. The van der Waals surface area contributed by atoms with E-state index in [0.29, 0.717) is 10.2 Å². The second kappa shape index (κ2) is 7.61. The van der Waals surface area contributed by atoms with Gasteiger partial charge < -0.3 is 0 Å². The van der Waals surface area contributed by atoms with Gasteiger partial charge in [0.1, 0.15) is 11.2 Å². The van der Waals surface area contributed by atoms with E-state index in [-0.39, 0.29) is 5.69 Å². The Kier molecular flexibility index (Phi) is 4.86. The van der Waals surface area contributed by atoms with Crippen molar-refractivity contribution in [1.82, 2.24) is 19.7 Å². The molecule has 28 heavy (non-hydrogen) atoms. The molecule has 0 N–H and O–H groups in total. The fraction of sp³-hybridized carbons (Fsp3) is 0.0500. The number of hydrogen-bond donors (Lipinski definition) is 0. The summed E-state index contributed by atoms with van der Waals surface area (Å²) in [5, 5.41) is 20.8. The van der Waals surface area contributed by atoms with Crippen molar-refractivity contribution in [2.24, 2.45) is 0 Å². The Labute approximate surface area is 165 Å². The molecule has 138 valence electrons. The smallest absolute Gasteiger partial charge is 0.270 e. The summed E-state index contributed by atoms with van der Waals surface area (Å²) in [5.41, 5.74) is 2.96. The summed E-state index contributed by atoms with van der Waals surface area (Å²) in [6, 6.07) is 20.9. The average molecular weight is 389 g/mol. The lowest BCUT2D eigenvalue weighted by Crippen LogP contribution is -2.00. The van der Waals surface area contributed by atoms with Crippen LogP contribution in [0, 0.1) is 17.0 Å². The van der Waals surface area contributed by atoms with E-state index in [9.17, 15) is 10.1 Å². The zero-order chi connectivity index (χ0) is 19.5. The Morgan fingerprint density at radius 1 is 1.00 bits per heavy atom. The third-order valence-electron chi connectivity index (χ3n) is 4.05. The van der Waals surface area contributed by atoms with Crippen molar-refractivity contribution in [3.8, 4) is 17.1 Å². The lowest BCUT2D eigenvalue weighted by molar-refractivity contribution is -0.385. The molecule has 0 unspecified atom stereocenters. The predicted octanol–water partition coefficient (Wildman–Crippen LogP) is 4.70. The van der Waals surface area contributed by atoms with Gasteiger partial charge in [0, 0.05) is 11.6 Å². The average Bonchev–Trinajstić information content (AvgIpc) is 3.12. The topological polar surface area (TPSA) is 86.7 Å². The SMILES string of the molecule is Cc1cccc(-n2c(Sc3ccc([N+](=O)[O-])cn3)nnc2-c2ccccc2)c1. The Morgan fingerprint density at radius 2 is 1.82 bits per heavy atom. The van der Waals surface area contributed by atoms with Crippen molar-refractivity contribution < 1.29 is 4.92 Å². The molecule has 2 aromatic carbocycles. The molecule has 0 spiro atoms. The van der Waals surface area contributed by atoms with Gasteiger partial charge in [-0.05, 0) is 42.4 Å². The Balaban J connectivity index is 1.79. The molecule has 7 nitrogen and oxygen atoms in total. The minimum Gasteiger partial charge on any atom is -0.270 e. The van der Waals surface area contributed by atoms with Crippen LogP contribution in [0.4, 0.5) is 5.69 Å². The minimum atomic E-state index is -0.468. The third kappa shape index (κ3) is 3.63. The monoisotopic (exact) mass is 389 g/mol. The number of nitrogens with zero attached hydrogens (tertiary/aromatic N) is 5. The van der Waals surface area contributed by atoms with Crippen LogP contribution in [0.15, 0.2) is 83.1 Å². The molecule has 0 radical (unpaired) electrons. The molecule has 0 aliphatic rings. The molecule has 2 aromatic heterocycles. The van der Waals surface area contributed by atoms with Gasteiger partial charge in [-0.2, -0.15) is 0 Å². The van der Waals surface area contributed by atoms with Gasteiger partial charge in [-0.15, -0.1) is 10.2 Å². The van der Waals surface area contributed by atoms with E-state index in [1.807, 2.05) is 60.0 Å². The summed E-state index contributed by atoms with van der Waals surface area (Å²) < 4.78 is 1.97. The summed E-state index contributed by atoms with van der Waals surface area (Å²) in [6.07, 6.45) is 1.24. The van der Waals surface area contributed by atoms with E-state index in [1.54, 1.807) is 6.07 Å². The van der Waals surface area contributed by atoms with E-state index in [0.717, 1.165) is 22.6 Å². The number of rotatable bonds is 5. The predicted molar refractivity (Wildman–Crippen MR) is 107 cm³/mol. The number of aromatic nitrogens is 4. The summed E-state index contributed by atoms with van der Waals surface area (Å²) in [7, 11) is 0. The van der Waals surface area contributed by atoms with Gasteiger partial charge in [0.2, 0.25) is 5.16 Å². The molecular weight excluding hydrogens is 374 g/mol. The van der Waals surface area contributed by atoms with E-state index in [2.05, 4.69) is 21.2 Å². The lowest BCUT2D eigenvalue weighted by Gasteiger charge is -2.11. The molecular formula is C20H15N5O2S. The van der Waals surface area contributed by atoms with Gasteiger partial charge in [-0.3, -0.25) is 14.7 Å². The number of benzene rings is 2. The highest BCUT2D eigenvalue weighted by Crippen LogP contribution is 2.32.